The van der Waals surface area contributed by atoms with E-state index in [4.69, 9.17) is 0 Å². The molecule has 0 unspecified atom stereocenters. The Bertz CT molecular complexity index is 841. The monoisotopic (exact) mass is 539 g/mol. The van der Waals surface area contributed by atoms with Crippen LogP contribution in [0.3, 0.4) is 0 Å². The minimum Gasteiger partial charge on any atom is -0.368 e. The third-order valence-electron chi connectivity index (χ3n) is 4.98. The fourth-order valence-electron chi connectivity index (χ4n) is 3.49. The molecule has 2 aromatic carbocycles. The second-order valence-corrected chi connectivity index (χ2v) is 7.20. The molecule has 1 amide bonds. The number of carbonyl (C=O) groups excluding carboxylic acids is 1. The molecule has 31 heavy (non-hydrogen) atoms. The Morgan fingerprint density at radius 2 is 1.77 bits per heavy atom. The predicted molar refractivity (Wildman–Crippen MR) is 135 cm³/mol. The topological polar surface area (TPSA) is 60.0 Å². The summed E-state index contributed by atoms with van der Waals surface area (Å²) in [5.41, 5.74) is 1.92. The van der Waals surface area contributed by atoms with Crippen LogP contribution in [0.15, 0.2) is 59.6 Å². The van der Waals surface area contributed by atoms with Gasteiger partial charge in [-0.05, 0) is 36.8 Å². The van der Waals surface area contributed by atoms with Crippen molar-refractivity contribution in [1.29, 1.82) is 0 Å². The lowest BCUT2D eigenvalue weighted by Gasteiger charge is -2.37. The number of halogens is 2. The third kappa shape index (κ3) is 8.01. The number of rotatable bonds is 7. The molecule has 1 aliphatic rings. The van der Waals surface area contributed by atoms with Crippen LogP contribution >= 0.6 is 24.0 Å². The van der Waals surface area contributed by atoms with Crippen LogP contribution in [0.4, 0.5) is 10.1 Å². The average Bonchev–Trinajstić information content (AvgIpc) is 2.77. The second-order valence-electron chi connectivity index (χ2n) is 7.20. The number of guanidine groups is 1. The van der Waals surface area contributed by atoms with Crippen LogP contribution in [-0.4, -0.2) is 62.6 Å². The lowest BCUT2D eigenvalue weighted by atomic mass is 10.1. The van der Waals surface area contributed by atoms with Crippen molar-refractivity contribution in [3.8, 4) is 0 Å². The number of aliphatic imine (C=N–C) groups is 1. The number of nitrogens with one attached hydrogen (secondary N) is 2. The van der Waals surface area contributed by atoms with E-state index in [1.165, 1.54) is 17.8 Å². The second kappa shape index (κ2) is 13.1. The normalized spacial score (nSPS) is 14.1. The number of amides is 1. The summed E-state index contributed by atoms with van der Waals surface area (Å²) in [6.45, 7) is 7.47. The van der Waals surface area contributed by atoms with Gasteiger partial charge in [0.2, 0.25) is 5.91 Å². The molecule has 2 N–H and O–H groups in total. The van der Waals surface area contributed by atoms with Gasteiger partial charge in [-0.15, -0.1) is 24.0 Å². The van der Waals surface area contributed by atoms with E-state index in [0.29, 0.717) is 18.7 Å². The molecule has 0 aromatic heterocycles. The Morgan fingerprint density at radius 1 is 1.03 bits per heavy atom. The lowest BCUT2D eigenvalue weighted by molar-refractivity contribution is -0.120. The van der Waals surface area contributed by atoms with E-state index >= 15 is 0 Å². The van der Waals surface area contributed by atoms with Gasteiger partial charge < -0.3 is 20.4 Å². The minimum atomic E-state index is -0.326. The van der Waals surface area contributed by atoms with Crippen molar-refractivity contribution < 1.29 is 9.18 Å². The molecule has 0 bridgehead atoms. The van der Waals surface area contributed by atoms with Crippen LogP contribution in [0, 0.1) is 5.82 Å². The molecular weight excluding hydrogens is 508 g/mol. The molecule has 0 spiro atoms. The Morgan fingerprint density at radius 3 is 2.45 bits per heavy atom. The van der Waals surface area contributed by atoms with E-state index in [-0.39, 0.29) is 42.1 Å². The molecule has 6 nitrogen and oxygen atoms in total. The number of hydrogen-bond donors (Lipinski definition) is 2. The number of piperazine rings is 1. The van der Waals surface area contributed by atoms with Crippen LogP contribution in [0.5, 0.6) is 0 Å². The zero-order valence-corrected chi connectivity index (χ0v) is 20.2. The maximum absolute atomic E-state index is 13.2. The fourth-order valence-corrected chi connectivity index (χ4v) is 3.49. The standard InChI is InChI=1S/C23H30FN5O.HI/c1-2-25-23(29-15-13-28(14-16-29)21-9-4-3-5-10-21)27-12-11-26-22(30)18-19-7-6-8-20(24)17-19;/h3-10,17H,2,11-16,18H2,1H3,(H,25,27)(H,26,30);1H. The first-order valence-electron chi connectivity index (χ1n) is 10.5. The Hall–Kier alpha value is -2.36. The van der Waals surface area contributed by atoms with Gasteiger partial charge in [0.15, 0.2) is 5.96 Å². The Kier molecular flexibility index (Phi) is 10.6. The molecule has 168 valence electrons. The highest BCUT2D eigenvalue weighted by Crippen LogP contribution is 2.15. The van der Waals surface area contributed by atoms with Crippen molar-refractivity contribution in [2.45, 2.75) is 13.3 Å². The average molecular weight is 539 g/mol. The molecule has 0 saturated carbocycles. The number of hydrogen-bond acceptors (Lipinski definition) is 3. The molecule has 2 aromatic rings. The van der Waals surface area contributed by atoms with Gasteiger partial charge in [0.25, 0.3) is 0 Å². The highest BCUT2D eigenvalue weighted by atomic mass is 127. The van der Waals surface area contributed by atoms with Crippen LogP contribution in [0.2, 0.25) is 0 Å². The fraction of sp³-hybridized carbons (Fsp3) is 0.391. The van der Waals surface area contributed by atoms with Gasteiger partial charge in [-0.3, -0.25) is 9.79 Å². The van der Waals surface area contributed by atoms with Crippen LogP contribution in [0.1, 0.15) is 12.5 Å². The molecule has 3 rings (SSSR count). The lowest BCUT2D eigenvalue weighted by Crippen LogP contribution is -2.52. The molecule has 1 saturated heterocycles. The van der Waals surface area contributed by atoms with Gasteiger partial charge in [0.1, 0.15) is 5.82 Å². The Labute approximate surface area is 200 Å². The number of nitrogens with zero attached hydrogens (tertiary/aromatic N) is 3. The molecule has 1 fully saturated rings. The zero-order valence-electron chi connectivity index (χ0n) is 17.9. The van der Waals surface area contributed by atoms with Crippen molar-refractivity contribution in [2.75, 3.05) is 50.7 Å². The SMILES string of the molecule is CCNC(=NCCNC(=O)Cc1cccc(F)c1)N1CCN(c2ccccc2)CC1.I. The van der Waals surface area contributed by atoms with E-state index < -0.39 is 0 Å². The molecule has 0 radical (unpaired) electrons. The largest absolute Gasteiger partial charge is 0.368 e. The summed E-state index contributed by atoms with van der Waals surface area (Å²) in [5, 5.41) is 6.20. The molecular formula is C23H31FIN5O. The van der Waals surface area contributed by atoms with E-state index in [0.717, 1.165) is 38.7 Å². The van der Waals surface area contributed by atoms with Crippen molar-refractivity contribution in [2.24, 2.45) is 4.99 Å². The van der Waals surface area contributed by atoms with E-state index in [1.54, 1.807) is 12.1 Å². The molecule has 1 aliphatic heterocycles. The van der Waals surface area contributed by atoms with E-state index in [9.17, 15) is 9.18 Å². The summed E-state index contributed by atoms with van der Waals surface area (Å²) < 4.78 is 13.2. The van der Waals surface area contributed by atoms with Crippen LogP contribution < -0.4 is 15.5 Å². The van der Waals surface area contributed by atoms with E-state index in [2.05, 4.69) is 56.6 Å². The van der Waals surface area contributed by atoms with Crippen molar-refractivity contribution >= 4 is 41.5 Å². The molecule has 1 heterocycles. The summed E-state index contributed by atoms with van der Waals surface area (Å²) in [5.74, 6) is 0.425. The minimum absolute atomic E-state index is 0. The van der Waals surface area contributed by atoms with Crippen LogP contribution in [0.25, 0.3) is 0 Å². The zero-order chi connectivity index (χ0) is 21.2. The maximum Gasteiger partial charge on any atom is 0.224 e. The maximum atomic E-state index is 13.2. The van der Waals surface area contributed by atoms with Crippen molar-refractivity contribution in [3.05, 3.63) is 66.0 Å². The summed E-state index contributed by atoms with van der Waals surface area (Å²) in [6.07, 6.45) is 0.170. The summed E-state index contributed by atoms with van der Waals surface area (Å²) >= 11 is 0. The summed E-state index contributed by atoms with van der Waals surface area (Å²) in [7, 11) is 0. The first kappa shape index (κ1) is 24.9. The van der Waals surface area contributed by atoms with Gasteiger partial charge >= 0.3 is 0 Å². The number of carbonyl (C=O) groups is 1. The number of para-hydroxylation sites is 1. The molecule has 0 atom stereocenters. The van der Waals surface area contributed by atoms with Gasteiger partial charge in [-0.1, -0.05) is 30.3 Å². The summed E-state index contributed by atoms with van der Waals surface area (Å²) in [6, 6.07) is 16.6. The number of anilines is 1. The molecule has 8 heteroatoms. The van der Waals surface area contributed by atoms with Crippen molar-refractivity contribution in [3.63, 3.8) is 0 Å². The Balaban J connectivity index is 0.00000341. The first-order valence-corrected chi connectivity index (χ1v) is 10.5. The number of benzene rings is 2. The van der Waals surface area contributed by atoms with E-state index in [1.807, 2.05) is 6.07 Å². The third-order valence-corrected chi connectivity index (χ3v) is 4.98. The quantitative estimate of drug-likeness (QED) is 0.246. The van der Waals surface area contributed by atoms with Gasteiger partial charge in [-0.2, -0.15) is 0 Å². The predicted octanol–water partition coefficient (Wildman–Crippen LogP) is 2.89. The molecule has 0 aliphatic carbocycles. The van der Waals surface area contributed by atoms with Gasteiger partial charge in [-0.25, -0.2) is 4.39 Å². The highest BCUT2D eigenvalue weighted by molar-refractivity contribution is 14.0. The first-order chi connectivity index (χ1) is 14.7. The van der Waals surface area contributed by atoms with Crippen LogP contribution in [-0.2, 0) is 11.2 Å². The van der Waals surface area contributed by atoms with Gasteiger partial charge in [0, 0.05) is 45.0 Å². The van der Waals surface area contributed by atoms with Crippen molar-refractivity contribution in [1.82, 2.24) is 15.5 Å². The van der Waals surface area contributed by atoms with Gasteiger partial charge in [0.05, 0.1) is 13.0 Å². The highest BCUT2D eigenvalue weighted by Gasteiger charge is 2.19. The summed E-state index contributed by atoms with van der Waals surface area (Å²) in [4.78, 5) is 21.4. The smallest absolute Gasteiger partial charge is 0.224 e.